The minimum Gasteiger partial charge on any atom is -0.337 e. The first kappa shape index (κ1) is 13.2. The van der Waals surface area contributed by atoms with E-state index in [4.69, 9.17) is 11.6 Å². The van der Waals surface area contributed by atoms with E-state index in [1.807, 2.05) is 0 Å². The molecule has 1 aromatic heterocycles. The number of hydrogen-bond acceptors (Lipinski definition) is 4. The molecule has 0 bridgehead atoms. The highest BCUT2D eigenvalue weighted by Crippen LogP contribution is 2.26. The predicted octanol–water partition coefficient (Wildman–Crippen LogP) is 3.83. The van der Waals surface area contributed by atoms with Crippen LogP contribution in [0.4, 0.5) is 21.6 Å². The van der Waals surface area contributed by atoms with Crippen molar-refractivity contribution < 1.29 is 9.31 Å². The Morgan fingerprint density at radius 2 is 2.16 bits per heavy atom. The Kier molecular flexibility index (Phi) is 3.62. The van der Waals surface area contributed by atoms with E-state index >= 15 is 0 Å². The molecule has 0 aliphatic heterocycles. The van der Waals surface area contributed by atoms with Crippen molar-refractivity contribution in [3.05, 3.63) is 57.0 Å². The topological polar surface area (TPSA) is 68.1 Å². The molecule has 0 radical (unpaired) electrons. The Balaban J connectivity index is 2.41. The molecule has 0 atom stereocenters. The highest BCUT2D eigenvalue weighted by Gasteiger charge is 2.12. The van der Waals surface area contributed by atoms with Crippen LogP contribution in [-0.2, 0) is 0 Å². The van der Waals surface area contributed by atoms with E-state index in [0.717, 1.165) is 6.07 Å². The minimum atomic E-state index is -0.590. The van der Waals surface area contributed by atoms with Gasteiger partial charge in [-0.25, -0.2) is 9.37 Å². The van der Waals surface area contributed by atoms with E-state index in [1.54, 1.807) is 19.1 Å². The number of pyridine rings is 1. The van der Waals surface area contributed by atoms with Gasteiger partial charge in [-0.3, -0.25) is 10.1 Å². The summed E-state index contributed by atoms with van der Waals surface area (Å²) in [5, 5.41) is 13.4. The summed E-state index contributed by atoms with van der Waals surface area (Å²) in [4.78, 5) is 14.0. The van der Waals surface area contributed by atoms with Gasteiger partial charge in [-0.15, -0.1) is 0 Å². The number of benzene rings is 1. The molecule has 2 rings (SSSR count). The Hall–Kier alpha value is -2.21. The molecule has 0 unspecified atom stereocenters. The maximum atomic E-state index is 13.6. The molecule has 98 valence electrons. The predicted molar refractivity (Wildman–Crippen MR) is 70.3 cm³/mol. The van der Waals surface area contributed by atoms with Crippen LogP contribution < -0.4 is 5.32 Å². The number of nitrogens with one attached hydrogen (secondary N) is 1. The molecule has 19 heavy (non-hydrogen) atoms. The Morgan fingerprint density at radius 3 is 2.79 bits per heavy atom. The molecule has 0 fully saturated rings. The van der Waals surface area contributed by atoms with Crippen LogP contribution in [0.1, 0.15) is 5.56 Å². The third kappa shape index (κ3) is 2.97. The van der Waals surface area contributed by atoms with Gasteiger partial charge in [0.2, 0.25) is 0 Å². The monoisotopic (exact) mass is 281 g/mol. The molecular weight excluding hydrogens is 273 g/mol. The van der Waals surface area contributed by atoms with Crippen LogP contribution in [0.3, 0.4) is 0 Å². The van der Waals surface area contributed by atoms with Gasteiger partial charge >= 0.3 is 0 Å². The fourth-order valence-electron chi connectivity index (χ4n) is 1.57. The summed E-state index contributed by atoms with van der Waals surface area (Å²) < 4.78 is 13.6. The Morgan fingerprint density at radius 1 is 1.42 bits per heavy atom. The SMILES string of the molecule is Cc1cccc(F)c1Nc1cc([N+](=O)[O-])cc(Cl)n1. The van der Waals surface area contributed by atoms with Gasteiger partial charge in [0.25, 0.3) is 5.69 Å². The maximum Gasteiger partial charge on any atom is 0.276 e. The summed E-state index contributed by atoms with van der Waals surface area (Å²) >= 11 is 5.69. The molecule has 0 saturated carbocycles. The summed E-state index contributed by atoms with van der Waals surface area (Å²) in [7, 11) is 0. The van der Waals surface area contributed by atoms with E-state index in [-0.39, 0.29) is 22.3 Å². The van der Waals surface area contributed by atoms with Crippen LogP contribution in [0.15, 0.2) is 30.3 Å². The Bertz CT molecular complexity index is 629. The first-order chi connectivity index (χ1) is 8.97. The third-order valence-electron chi connectivity index (χ3n) is 2.46. The second-order valence-electron chi connectivity index (χ2n) is 3.85. The second-order valence-corrected chi connectivity index (χ2v) is 4.23. The van der Waals surface area contributed by atoms with Crippen LogP contribution in [0.2, 0.25) is 5.15 Å². The molecule has 0 saturated heterocycles. The average molecular weight is 282 g/mol. The second kappa shape index (κ2) is 5.19. The van der Waals surface area contributed by atoms with Crippen LogP contribution in [0.25, 0.3) is 0 Å². The lowest BCUT2D eigenvalue weighted by Gasteiger charge is -2.09. The van der Waals surface area contributed by atoms with Gasteiger partial charge in [0, 0.05) is 0 Å². The van der Waals surface area contributed by atoms with Gasteiger partial charge in [0.15, 0.2) is 0 Å². The lowest BCUT2D eigenvalue weighted by atomic mass is 10.2. The molecule has 0 spiro atoms. The molecule has 1 aromatic carbocycles. The van der Waals surface area contributed by atoms with Crippen molar-refractivity contribution in [3.8, 4) is 0 Å². The molecule has 1 N–H and O–H groups in total. The van der Waals surface area contributed by atoms with E-state index in [9.17, 15) is 14.5 Å². The number of nitrogens with zero attached hydrogens (tertiary/aromatic N) is 2. The molecule has 0 amide bonds. The standard InChI is InChI=1S/C12H9ClFN3O2/c1-7-3-2-4-9(14)12(7)16-11-6-8(17(18)19)5-10(13)15-11/h2-6H,1H3,(H,15,16). The number of halogens is 2. The molecule has 0 aliphatic carbocycles. The van der Waals surface area contributed by atoms with E-state index in [2.05, 4.69) is 10.3 Å². The van der Waals surface area contributed by atoms with Crippen molar-refractivity contribution in [2.45, 2.75) is 6.92 Å². The molecule has 5 nitrogen and oxygen atoms in total. The van der Waals surface area contributed by atoms with Crippen molar-refractivity contribution in [1.82, 2.24) is 4.98 Å². The van der Waals surface area contributed by atoms with Gasteiger partial charge in [-0.1, -0.05) is 23.7 Å². The van der Waals surface area contributed by atoms with Crippen LogP contribution in [0, 0.1) is 22.9 Å². The zero-order valence-electron chi connectivity index (χ0n) is 9.85. The number of rotatable bonds is 3. The van der Waals surface area contributed by atoms with Gasteiger partial charge in [0.05, 0.1) is 22.7 Å². The van der Waals surface area contributed by atoms with Crippen LogP contribution >= 0.6 is 11.6 Å². The first-order valence-electron chi connectivity index (χ1n) is 5.31. The number of anilines is 2. The van der Waals surface area contributed by atoms with Crippen molar-refractivity contribution in [1.29, 1.82) is 0 Å². The van der Waals surface area contributed by atoms with Gasteiger partial charge < -0.3 is 5.32 Å². The smallest absolute Gasteiger partial charge is 0.276 e. The molecule has 1 heterocycles. The highest BCUT2D eigenvalue weighted by atomic mass is 35.5. The fraction of sp³-hybridized carbons (Fsp3) is 0.0833. The summed E-state index contributed by atoms with van der Waals surface area (Å²) in [6, 6.07) is 6.89. The average Bonchev–Trinajstić information content (AvgIpc) is 2.33. The van der Waals surface area contributed by atoms with E-state index < -0.39 is 10.7 Å². The van der Waals surface area contributed by atoms with Crippen molar-refractivity contribution in [2.75, 3.05) is 5.32 Å². The highest BCUT2D eigenvalue weighted by molar-refractivity contribution is 6.29. The van der Waals surface area contributed by atoms with E-state index in [1.165, 1.54) is 12.1 Å². The molecule has 2 aromatic rings. The quantitative estimate of drug-likeness (QED) is 0.527. The normalized spacial score (nSPS) is 10.3. The Labute approximate surface area is 113 Å². The number of hydrogen-bond donors (Lipinski definition) is 1. The molecule has 0 aliphatic rings. The summed E-state index contributed by atoms with van der Waals surface area (Å²) in [6.07, 6.45) is 0. The van der Waals surface area contributed by atoms with Crippen LogP contribution in [0.5, 0.6) is 0 Å². The first-order valence-corrected chi connectivity index (χ1v) is 5.69. The molecular formula is C12H9ClFN3O2. The summed E-state index contributed by atoms with van der Waals surface area (Å²) in [6.45, 7) is 1.71. The number of para-hydroxylation sites is 1. The van der Waals surface area contributed by atoms with Gasteiger partial charge in [0.1, 0.15) is 16.8 Å². The zero-order chi connectivity index (χ0) is 14.0. The largest absolute Gasteiger partial charge is 0.337 e. The van der Waals surface area contributed by atoms with Crippen LogP contribution in [-0.4, -0.2) is 9.91 Å². The number of aromatic nitrogens is 1. The van der Waals surface area contributed by atoms with Crippen molar-refractivity contribution >= 4 is 28.8 Å². The maximum absolute atomic E-state index is 13.6. The minimum absolute atomic E-state index is 0.0364. The van der Waals surface area contributed by atoms with Crippen molar-refractivity contribution in [3.63, 3.8) is 0 Å². The van der Waals surface area contributed by atoms with Gasteiger partial charge in [-0.05, 0) is 18.6 Å². The van der Waals surface area contributed by atoms with Gasteiger partial charge in [-0.2, -0.15) is 0 Å². The molecule has 7 heteroatoms. The van der Waals surface area contributed by atoms with Crippen molar-refractivity contribution in [2.24, 2.45) is 0 Å². The summed E-state index contributed by atoms with van der Waals surface area (Å²) in [5.41, 5.74) is 0.660. The third-order valence-corrected chi connectivity index (χ3v) is 2.66. The zero-order valence-corrected chi connectivity index (χ0v) is 10.6. The lowest BCUT2D eigenvalue weighted by molar-refractivity contribution is -0.384. The van der Waals surface area contributed by atoms with E-state index in [0.29, 0.717) is 5.56 Å². The lowest BCUT2D eigenvalue weighted by Crippen LogP contribution is -2.00. The number of nitro groups is 1. The summed E-state index contributed by atoms with van der Waals surface area (Å²) in [5.74, 6) is -0.350. The fourth-order valence-corrected chi connectivity index (χ4v) is 1.77. The number of aryl methyl sites for hydroxylation is 1.